The Morgan fingerprint density at radius 2 is 1.77 bits per heavy atom. The van der Waals surface area contributed by atoms with Gasteiger partial charge in [0.25, 0.3) is 0 Å². The molecule has 0 radical (unpaired) electrons. The fraction of sp³-hybridized carbons (Fsp3) is 0.963. The molecule has 6 fully saturated rings. The van der Waals surface area contributed by atoms with Crippen LogP contribution >= 0.6 is 0 Å². The molecule has 6 rings (SSSR count). The van der Waals surface area contributed by atoms with E-state index in [4.69, 9.17) is 9.47 Å². The van der Waals surface area contributed by atoms with E-state index in [2.05, 4.69) is 27.7 Å². The maximum atomic E-state index is 12.2. The lowest BCUT2D eigenvalue weighted by Gasteiger charge is -2.60. The van der Waals surface area contributed by atoms with Gasteiger partial charge in [0.2, 0.25) is 0 Å². The summed E-state index contributed by atoms with van der Waals surface area (Å²) in [7, 11) is 0. The third kappa shape index (κ3) is 2.54. The predicted octanol–water partition coefficient (Wildman–Crippen LogP) is 6.00. The van der Waals surface area contributed by atoms with Crippen molar-refractivity contribution in [1.29, 1.82) is 0 Å². The van der Waals surface area contributed by atoms with Crippen LogP contribution in [0, 0.1) is 52.3 Å². The average molecular weight is 415 g/mol. The zero-order valence-electron chi connectivity index (χ0n) is 19.6. The van der Waals surface area contributed by atoms with Gasteiger partial charge >= 0.3 is 0 Å². The second kappa shape index (κ2) is 6.56. The molecule has 2 heterocycles. The van der Waals surface area contributed by atoms with Crippen LogP contribution in [0.5, 0.6) is 0 Å². The molecule has 3 heteroatoms. The van der Waals surface area contributed by atoms with Gasteiger partial charge in [-0.05, 0) is 91.3 Å². The van der Waals surface area contributed by atoms with Crippen LogP contribution in [0.25, 0.3) is 0 Å². The smallest absolute Gasteiger partial charge is 0.171 e. The van der Waals surface area contributed by atoms with Crippen LogP contribution in [0.4, 0.5) is 0 Å². The Morgan fingerprint density at radius 3 is 2.53 bits per heavy atom. The second-order valence-corrected chi connectivity index (χ2v) is 12.9. The molecular formula is C27H42O3. The molecule has 0 N–H and O–H groups in total. The highest BCUT2D eigenvalue weighted by molar-refractivity contribution is 5.79. The van der Waals surface area contributed by atoms with Gasteiger partial charge in [0, 0.05) is 25.2 Å². The topological polar surface area (TPSA) is 35.5 Å². The number of carbonyl (C=O) groups is 1. The lowest BCUT2D eigenvalue weighted by atomic mass is 9.44. The van der Waals surface area contributed by atoms with E-state index in [1.54, 1.807) is 0 Å². The quantitative estimate of drug-likeness (QED) is 0.487. The summed E-state index contributed by atoms with van der Waals surface area (Å²) in [6.07, 6.45) is 12.2. The molecule has 1 spiro atoms. The summed E-state index contributed by atoms with van der Waals surface area (Å²) in [4.78, 5) is 12.2. The Morgan fingerprint density at radius 1 is 0.933 bits per heavy atom. The highest BCUT2D eigenvalue weighted by Gasteiger charge is 2.69. The monoisotopic (exact) mass is 414 g/mol. The zero-order valence-corrected chi connectivity index (χ0v) is 19.6. The zero-order chi connectivity index (χ0) is 20.9. The van der Waals surface area contributed by atoms with Crippen LogP contribution in [-0.2, 0) is 14.3 Å². The van der Waals surface area contributed by atoms with Crippen LogP contribution in [0.1, 0.15) is 91.9 Å². The van der Waals surface area contributed by atoms with Crippen molar-refractivity contribution in [2.75, 3.05) is 6.61 Å². The van der Waals surface area contributed by atoms with Crippen molar-refractivity contribution >= 4 is 5.78 Å². The predicted molar refractivity (Wildman–Crippen MR) is 117 cm³/mol. The lowest BCUT2D eigenvalue weighted by Crippen LogP contribution is -2.54. The average Bonchev–Trinajstić information content (AvgIpc) is 3.16. The minimum absolute atomic E-state index is 0.292. The molecule has 0 amide bonds. The highest BCUT2D eigenvalue weighted by atomic mass is 16.7. The molecule has 0 aromatic carbocycles. The molecule has 2 saturated heterocycles. The Bertz CT molecular complexity index is 724. The molecule has 30 heavy (non-hydrogen) atoms. The van der Waals surface area contributed by atoms with Crippen molar-refractivity contribution in [2.45, 2.75) is 104 Å². The summed E-state index contributed by atoms with van der Waals surface area (Å²) in [5.74, 6) is 5.23. The van der Waals surface area contributed by atoms with Crippen molar-refractivity contribution in [1.82, 2.24) is 0 Å². The van der Waals surface area contributed by atoms with Gasteiger partial charge in [-0.25, -0.2) is 0 Å². The SMILES string of the molecule is CC1CC[C@@]2(OC1)O[C@H]1CC3C4CC[C@@H]5CC(=O)CC[C@]5(C)C4CC[C@]3(C)C1C2C. The molecule has 0 aromatic heterocycles. The highest BCUT2D eigenvalue weighted by Crippen LogP contribution is 2.71. The number of ketones is 1. The van der Waals surface area contributed by atoms with Crippen molar-refractivity contribution in [3.8, 4) is 0 Å². The van der Waals surface area contributed by atoms with Crippen LogP contribution in [-0.4, -0.2) is 24.3 Å². The molecule has 168 valence electrons. The standard InChI is InChI=1S/C27H42O3/c1-16-7-12-27(29-15-16)17(2)24-23(30-27)14-22-20-6-5-18-13-19(28)8-10-25(18,3)21(20)9-11-26(22,24)4/h16-18,20-24H,5-15H2,1-4H3/t16?,17?,18-,20?,21?,22?,23+,24?,25+,26+,27-/m1/s1. The van der Waals surface area contributed by atoms with Gasteiger partial charge in [0.15, 0.2) is 5.79 Å². The van der Waals surface area contributed by atoms with Crippen molar-refractivity contribution in [2.24, 2.45) is 52.3 Å². The Kier molecular flexibility index (Phi) is 4.42. The minimum atomic E-state index is -0.292. The van der Waals surface area contributed by atoms with Gasteiger partial charge in [-0.1, -0.05) is 27.7 Å². The number of Topliss-reactive ketones (excluding diaryl/α,β-unsaturated/α-hetero) is 1. The van der Waals surface area contributed by atoms with Crippen LogP contribution in [0.2, 0.25) is 0 Å². The van der Waals surface area contributed by atoms with E-state index < -0.39 is 0 Å². The lowest BCUT2D eigenvalue weighted by molar-refractivity contribution is -0.273. The summed E-state index contributed by atoms with van der Waals surface area (Å²) in [6.45, 7) is 10.8. The van der Waals surface area contributed by atoms with Crippen LogP contribution < -0.4 is 0 Å². The molecular weight excluding hydrogens is 372 g/mol. The normalized spacial score (nSPS) is 60.1. The molecule has 11 atom stereocenters. The number of ether oxygens (including phenoxy) is 2. The maximum absolute atomic E-state index is 12.2. The van der Waals surface area contributed by atoms with E-state index in [0.717, 1.165) is 50.0 Å². The molecule has 4 aliphatic carbocycles. The van der Waals surface area contributed by atoms with E-state index in [0.29, 0.717) is 46.4 Å². The van der Waals surface area contributed by atoms with Gasteiger partial charge in [-0.2, -0.15) is 0 Å². The second-order valence-electron chi connectivity index (χ2n) is 12.9. The van der Waals surface area contributed by atoms with Crippen molar-refractivity contribution in [3.63, 3.8) is 0 Å². The number of hydrogen-bond donors (Lipinski definition) is 0. The maximum Gasteiger partial charge on any atom is 0.171 e. The fourth-order valence-corrected chi connectivity index (χ4v) is 10.1. The van der Waals surface area contributed by atoms with E-state index in [1.165, 1.54) is 38.5 Å². The summed E-state index contributed by atoms with van der Waals surface area (Å²) in [6, 6.07) is 0. The first-order chi connectivity index (χ1) is 14.3. The van der Waals surface area contributed by atoms with E-state index >= 15 is 0 Å². The molecule has 4 saturated carbocycles. The molecule has 6 aliphatic rings. The van der Waals surface area contributed by atoms with Gasteiger partial charge in [-0.3, -0.25) is 4.79 Å². The Labute approximate surface area is 183 Å². The number of rotatable bonds is 0. The van der Waals surface area contributed by atoms with Crippen LogP contribution in [0.15, 0.2) is 0 Å². The van der Waals surface area contributed by atoms with Gasteiger partial charge in [0.05, 0.1) is 12.7 Å². The third-order valence-corrected chi connectivity index (χ3v) is 11.7. The Balaban J connectivity index is 1.26. The van der Waals surface area contributed by atoms with Crippen molar-refractivity contribution < 1.29 is 14.3 Å². The largest absolute Gasteiger partial charge is 0.349 e. The molecule has 3 nitrogen and oxygen atoms in total. The number of fused-ring (bicyclic) bond motifs is 7. The van der Waals surface area contributed by atoms with Gasteiger partial charge < -0.3 is 9.47 Å². The first-order valence-corrected chi connectivity index (χ1v) is 13.1. The third-order valence-electron chi connectivity index (χ3n) is 11.7. The first kappa shape index (κ1) is 20.2. The Hall–Kier alpha value is -0.410. The number of carbonyl (C=O) groups excluding carboxylic acids is 1. The number of hydrogen-bond acceptors (Lipinski definition) is 3. The molecule has 2 aliphatic heterocycles. The van der Waals surface area contributed by atoms with Gasteiger partial charge in [-0.15, -0.1) is 0 Å². The summed E-state index contributed by atoms with van der Waals surface area (Å²) >= 11 is 0. The summed E-state index contributed by atoms with van der Waals surface area (Å²) < 4.78 is 13.4. The van der Waals surface area contributed by atoms with Crippen LogP contribution in [0.3, 0.4) is 0 Å². The van der Waals surface area contributed by atoms with E-state index in [-0.39, 0.29) is 5.79 Å². The fourth-order valence-electron chi connectivity index (χ4n) is 10.1. The minimum Gasteiger partial charge on any atom is -0.349 e. The summed E-state index contributed by atoms with van der Waals surface area (Å²) in [5.41, 5.74) is 0.820. The summed E-state index contributed by atoms with van der Waals surface area (Å²) in [5, 5.41) is 0. The molecule has 0 bridgehead atoms. The van der Waals surface area contributed by atoms with Crippen molar-refractivity contribution in [3.05, 3.63) is 0 Å². The molecule has 6 unspecified atom stereocenters. The van der Waals surface area contributed by atoms with Gasteiger partial charge in [0.1, 0.15) is 5.78 Å². The van der Waals surface area contributed by atoms with E-state index in [9.17, 15) is 4.79 Å². The molecule has 0 aromatic rings. The first-order valence-electron chi connectivity index (χ1n) is 13.1. The van der Waals surface area contributed by atoms with E-state index in [1.807, 2.05) is 0 Å².